The van der Waals surface area contributed by atoms with Gasteiger partial charge in [0.15, 0.2) is 5.03 Å². The average Bonchev–Trinajstić information content (AvgIpc) is 2.97. The van der Waals surface area contributed by atoms with Gasteiger partial charge >= 0.3 is 0 Å². The number of nitro groups is 1. The van der Waals surface area contributed by atoms with Gasteiger partial charge in [0.1, 0.15) is 11.1 Å². The van der Waals surface area contributed by atoms with Crippen molar-refractivity contribution in [3.63, 3.8) is 0 Å². The molecule has 0 saturated carbocycles. The van der Waals surface area contributed by atoms with E-state index in [2.05, 4.69) is 16.5 Å². The maximum absolute atomic E-state index is 12.2. The fraction of sp³-hybridized carbons (Fsp3) is 0.769. The summed E-state index contributed by atoms with van der Waals surface area (Å²) in [5.74, 6) is -0.381. The van der Waals surface area contributed by atoms with Crippen LogP contribution in [0.3, 0.4) is 0 Å². The van der Waals surface area contributed by atoms with Gasteiger partial charge < -0.3 is 21.7 Å². The number of likely N-dealkylation sites (tertiary alicyclic amines) is 1. The lowest BCUT2D eigenvalue weighted by atomic mass is 10.1. The molecule has 1 saturated heterocycles. The Morgan fingerprint density at radius 3 is 2.83 bits per heavy atom. The van der Waals surface area contributed by atoms with E-state index in [1.54, 1.807) is 4.90 Å². The van der Waals surface area contributed by atoms with E-state index < -0.39 is 11.1 Å². The molecule has 1 aliphatic heterocycles. The molecule has 11 heteroatoms. The van der Waals surface area contributed by atoms with Gasteiger partial charge in [-0.3, -0.25) is 4.79 Å². The maximum Gasteiger partial charge on any atom is 0.266 e. The van der Waals surface area contributed by atoms with E-state index in [0.717, 1.165) is 25.7 Å². The lowest BCUT2D eigenvalue weighted by Crippen LogP contribution is -2.45. The molecule has 24 heavy (non-hydrogen) atoms. The third-order valence-corrected chi connectivity index (χ3v) is 3.69. The van der Waals surface area contributed by atoms with Gasteiger partial charge in [0.05, 0.1) is 12.1 Å². The van der Waals surface area contributed by atoms with Crippen LogP contribution in [0.15, 0.2) is 5.10 Å². The van der Waals surface area contributed by atoms with Crippen LogP contribution in [0.4, 0.5) is 0 Å². The van der Waals surface area contributed by atoms with Crippen LogP contribution in [0.5, 0.6) is 0 Å². The van der Waals surface area contributed by atoms with E-state index >= 15 is 0 Å². The molecule has 10 nitrogen and oxygen atoms in total. The van der Waals surface area contributed by atoms with Crippen molar-refractivity contribution >= 4 is 24.3 Å². The molecule has 0 spiro atoms. The summed E-state index contributed by atoms with van der Waals surface area (Å²) < 4.78 is 0. The number of rotatable bonds is 8. The van der Waals surface area contributed by atoms with Crippen LogP contribution in [-0.4, -0.2) is 47.0 Å². The molecule has 1 fully saturated rings. The van der Waals surface area contributed by atoms with Gasteiger partial charge in [0.2, 0.25) is 5.91 Å². The Balaban J connectivity index is 0.00000529. The van der Waals surface area contributed by atoms with Crippen LogP contribution < -0.4 is 16.8 Å². The Morgan fingerprint density at radius 2 is 2.21 bits per heavy atom. The summed E-state index contributed by atoms with van der Waals surface area (Å²) >= 11 is 0. The molecule has 2 atom stereocenters. The van der Waals surface area contributed by atoms with E-state index in [0.29, 0.717) is 25.9 Å². The monoisotopic (exact) mass is 361 g/mol. The molecule has 0 unspecified atom stereocenters. The van der Waals surface area contributed by atoms with Gasteiger partial charge in [0, 0.05) is 13.1 Å². The molecule has 0 radical (unpaired) electrons. The number of carbonyl (C=O) groups excluding carboxylic acids is 1. The van der Waals surface area contributed by atoms with Gasteiger partial charge in [-0.2, -0.15) is 5.26 Å². The smallest absolute Gasteiger partial charge is 0.266 e. The van der Waals surface area contributed by atoms with E-state index in [1.807, 2.05) is 0 Å². The van der Waals surface area contributed by atoms with E-state index in [4.69, 9.17) is 16.7 Å². The lowest BCUT2D eigenvalue weighted by Gasteiger charge is -2.23. The highest BCUT2D eigenvalue weighted by molar-refractivity contribution is 5.85. The molecular formula is C13H24ClN7O3. The number of nitrogens with two attached hydrogens (primary N) is 2. The molecule has 1 heterocycles. The number of nitrogens with one attached hydrogen (secondary N) is 1. The second kappa shape index (κ2) is 11.4. The lowest BCUT2D eigenvalue weighted by molar-refractivity contribution is -0.485. The maximum atomic E-state index is 12.2. The molecule has 1 rings (SSSR count). The van der Waals surface area contributed by atoms with Crippen molar-refractivity contribution in [2.75, 3.05) is 13.1 Å². The molecule has 0 aliphatic carbocycles. The fourth-order valence-corrected chi connectivity index (χ4v) is 2.51. The Hall–Kier alpha value is -2.12. The van der Waals surface area contributed by atoms with Gasteiger partial charge in [-0.15, -0.1) is 12.4 Å². The summed E-state index contributed by atoms with van der Waals surface area (Å²) in [6, 6.07) is 1.20. The third kappa shape index (κ3) is 7.43. The third-order valence-electron chi connectivity index (χ3n) is 3.69. The first-order valence-electron chi connectivity index (χ1n) is 7.63. The number of hydrogen-bond acceptors (Lipinski definition) is 5. The zero-order chi connectivity index (χ0) is 17.2. The summed E-state index contributed by atoms with van der Waals surface area (Å²) in [5, 5.41) is 23.7. The highest BCUT2D eigenvalue weighted by atomic mass is 35.5. The zero-order valence-corrected chi connectivity index (χ0v) is 14.2. The van der Waals surface area contributed by atoms with Gasteiger partial charge in [-0.05, 0) is 25.7 Å². The Bertz CT molecular complexity index is 494. The number of amides is 1. The largest absolute Gasteiger partial charge is 0.365 e. The normalized spacial score (nSPS) is 18.4. The quantitative estimate of drug-likeness (QED) is 0.178. The molecule has 0 aromatic carbocycles. The number of halogens is 1. The molecule has 0 bridgehead atoms. The molecule has 136 valence electrons. The Morgan fingerprint density at radius 1 is 1.50 bits per heavy atom. The van der Waals surface area contributed by atoms with E-state index in [9.17, 15) is 14.9 Å². The molecule has 5 N–H and O–H groups in total. The second-order valence-electron chi connectivity index (χ2n) is 5.42. The predicted molar refractivity (Wildman–Crippen MR) is 90.7 cm³/mol. The first-order chi connectivity index (χ1) is 11.0. The van der Waals surface area contributed by atoms with E-state index in [1.165, 1.54) is 0 Å². The SMILES string of the molecule is Cl.N#C[C@@H]1CCCN1C(=O)[C@@H](N)CCCCCNC(N)=N[N+](=O)[O-]. The van der Waals surface area contributed by atoms with Crippen LogP contribution in [0.25, 0.3) is 0 Å². The predicted octanol–water partition coefficient (Wildman–Crippen LogP) is -0.0935. The molecule has 0 aromatic heterocycles. The minimum Gasteiger partial charge on any atom is -0.365 e. The highest BCUT2D eigenvalue weighted by Gasteiger charge is 2.31. The number of hydrogen-bond donors (Lipinski definition) is 3. The van der Waals surface area contributed by atoms with Crippen LogP contribution >= 0.6 is 12.4 Å². The molecular weight excluding hydrogens is 338 g/mol. The van der Waals surface area contributed by atoms with Crippen molar-refractivity contribution in [1.82, 2.24) is 10.2 Å². The first-order valence-corrected chi connectivity index (χ1v) is 7.63. The van der Waals surface area contributed by atoms with Crippen LogP contribution in [0, 0.1) is 21.4 Å². The van der Waals surface area contributed by atoms with Gasteiger partial charge in [0.25, 0.3) is 5.96 Å². The number of nitrogens with zero attached hydrogens (tertiary/aromatic N) is 4. The molecule has 0 aromatic rings. The van der Waals surface area contributed by atoms with Crippen LogP contribution in [0.1, 0.15) is 38.5 Å². The summed E-state index contributed by atoms with van der Waals surface area (Å²) in [7, 11) is 0. The van der Waals surface area contributed by atoms with Gasteiger partial charge in [-0.1, -0.05) is 12.8 Å². The van der Waals surface area contributed by atoms with E-state index in [-0.39, 0.29) is 30.3 Å². The minimum absolute atomic E-state index is 0. The van der Waals surface area contributed by atoms with Crippen molar-refractivity contribution in [2.24, 2.45) is 16.6 Å². The van der Waals surface area contributed by atoms with Crippen molar-refractivity contribution in [1.29, 1.82) is 5.26 Å². The van der Waals surface area contributed by atoms with Gasteiger partial charge in [-0.25, -0.2) is 10.1 Å². The number of nitriles is 1. The van der Waals surface area contributed by atoms with Crippen molar-refractivity contribution in [3.05, 3.63) is 10.1 Å². The highest BCUT2D eigenvalue weighted by Crippen LogP contribution is 2.18. The zero-order valence-electron chi connectivity index (χ0n) is 13.4. The van der Waals surface area contributed by atoms with Crippen molar-refractivity contribution in [3.8, 4) is 6.07 Å². The second-order valence-corrected chi connectivity index (χ2v) is 5.42. The van der Waals surface area contributed by atoms with Crippen molar-refractivity contribution in [2.45, 2.75) is 50.6 Å². The summed E-state index contributed by atoms with van der Waals surface area (Å²) in [5.41, 5.74) is 11.2. The first kappa shape index (κ1) is 21.9. The standard InChI is InChI=1S/C13H23N7O3.ClH/c14-9-10-5-4-8-19(10)12(21)11(15)6-2-1-3-7-17-13(16)18-20(22)23;/h10-11H,1-8,15H2,(H3,16,17,18);1H/t10-,11-;/m0./s1. The summed E-state index contributed by atoms with van der Waals surface area (Å²) in [6.45, 7) is 1.07. The fourth-order valence-electron chi connectivity index (χ4n) is 2.51. The summed E-state index contributed by atoms with van der Waals surface area (Å²) in [4.78, 5) is 23.8. The molecule has 1 amide bonds. The summed E-state index contributed by atoms with van der Waals surface area (Å²) in [6.07, 6.45) is 4.40. The average molecular weight is 362 g/mol. The topological polar surface area (TPSA) is 164 Å². The van der Waals surface area contributed by atoms with Crippen LogP contribution in [0.2, 0.25) is 0 Å². The number of hydrazone groups is 1. The van der Waals surface area contributed by atoms with Crippen LogP contribution in [-0.2, 0) is 4.79 Å². The number of carbonyl (C=O) groups is 1. The number of guanidine groups is 1. The number of unbranched alkanes of at least 4 members (excludes halogenated alkanes) is 2. The minimum atomic E-state index is -0.861. The molecule has 1 aliphatic rings. The Labute approximate surface area is 146 Å². The van der Waals surface area contributed by atoms with Crippen molar-refractivity contribution < 1.29 is 9.83 Å². The Kier molecular flexibility index (Phi) is 10.4.